The molecule has 0 aromatic heterocycles. The van der Waals surface area contributed by atoms with Gasteiger partial charge in [0.15, 0.2) is 6.54 Å². The number of nitrogens with zero attached hydrogens (tertiary/aromatic N) is 1. The average Bonchev–Trinajstić information content (AvgIpc) is 2.58. The molecular weight excluding hydrogens is 327 g/mol. The molecular formula is C19H21ClFN2O+. The number of rotatable bonds is 4. The van der Waals surface area contributed by atoms with Crippen molar-refractivity contribution in [2.24, 2.45) is 0 Å². The molecule has 1 N–H and O–H groups in total. The van der Waals surface area contributed by atoms with Crippen molar-refractivity contribution in [1.29, 1.82) is 0 Å². The van der Waals surface area contributed by atoms with Gasteiger partial charge in [-0.15, -0.1) is 0 Å². The Kier molecular flexibility index (Phi) is 5.17. The number of likely N-dealkylation sites (N-methyl/N-ethyl adjacent to an activating group) is 1. The maximum Gasteiger partial charge on any atom is 0.278 e. The van der Waals surface area contributed by atoms with E-state index in [0.717, 1.165) is 17.9 Å². The molecule has 0 fully saturated rings. The molecule has 1 amide bonds. The zero-order valence-corrected chi connectivity index (χ0v) is 14.4. The SMILES string of the molecule is C[NH+](CC(=O)N1CCc2ccccc2C1)Cc1c(F)cccc1Cl. The Morgan fingerprint density at radius 1 is 1.21 bits per heavy atom. The van der Waals surface area contributed by atoms with E-state index in [1.165, 1.54) is 17.2 Å². The molecule has 1 aliphatic rings. The number of nitrogens with one attached hydrogen (secondary N) is 1. The molecule has 0 bridgehead atoms. The van der Waals surface area contributed by atoms with Crippen LogP contribution >= 0.6 is 11.6 Å². The van der Waals surface area contributed by atoms with Crippen LogP contribution in [0.5, 0.6) is 0 Å². The standard InChI is InChI=1S/C19H20ClFN2O/c1-22(12-16-17(20)7-4-8-18(16)21)13-19(24)23-10-9-14-5-2-3-6-15(14)11-23/h2-8H,9-13H2,1H3/p+1. The molecule has 3 rings (SSSR count). The Balaban J connectivity index is 1.61. The lowest BCUT2D eigenvalue weighted by atomic mass is 10.00. The summed E-state index contributed by atoms with van der Waals surface area (Å²) in [5, 5.41) is 0.411. The number of carbonyl (C=O) groups is 1. The maximum atomic E-state index is 13.9. The average molecular weight is 348 g/mol. The normalized spacial score (nSPS) is 15.0. The van der Waals surface area contributed by atoms with E-state index in [2.05, 4.69) is 12.1 Å². The first-order chi connectivity index (χ1) is 11.5. The maximum absolute atomic E-state index is 13.9. The zero-order chi connectivity index (χ0) is 17.1. The quantitative estimate of drug-likeness (QED) is 0.900. The Labute approximate surface area is 146 Å². The van der Waals surface area contributed by atoms with Crippen LogP contribution in [0.4, 0.5) is 4.39 Å². The van der Waals surface area contributed by atoms with Gasteiger partial charge in [-0.3, -0.25) is 4.79 Å². The van der Waals surface area contributed by atoms with E-state index < -0.39 is 0 Å². The van der Waals surface area contributed by atoms with Gasteiger partial charge in [0.2, 0.25) is 0 Å². The van der Waals surface area contributed by atoms with Crippen molar-refractivity contribution in [3.63, 3.8) is 0 Å². The van der Waals surface area contributed by atoms with Gasteiger partial charge < -0.3 is 9.80 Å². The molecule has 5 heteroatoms. The third kappa shape index (κ3) is 3.77. The molecule has 24 heavy (non-hydrogen) atoms. The molecule has 0 aliphatic carbocycles. The second kappa shape index (κ2) is 7.32. The number of quaternary nitrogens is 1. The zero-order valence-electron chi connectivity index (χ0n) is 13.7. The Morgan fingerprint density at radius 3 is 2.71 bits per heavy atom. The van der Waals surface area contributed by atoms with Crippen molar-refractivity contribution < 1.29 is 14.1 Å². The van der Waals surface area contributed by atoms with Gasteiger partial charge in [-0.05, 0) is 29.7 Å². The van der Waals surface area contributed by atoms with Gasteiger partial charge in [0.05, 0.1) is 17.6 Å². The first kappa shape index (κ1) is 16.9. The van der Waals surface area contributed by atoms with Crippen LogP contribution in [-0.2, 0) is 24.3 Å². The Hall–Kier alpha value is -1.91. The highest BCUT2D eigenvalue weighted by atomic mass is 35.5. The van der Waals surface area contributed by atoms with Crippen LogP contribution in [0.25, 0.3) is 0 Å². The largest absolute Gasteiger partial charge is 0.333 e. The molecule has 0 saturated carbocycles. The smallest absolute Gasteiger partial charge is 0.278 e. The van der Waals surface area contributed by atoms with Crippen molar-refractivity contribution in [3.05, 3.63) is 70.0 Å². The molecule has 1 heterocycles. The van der Waals surface area contributed by atoms with Crippen molar-refractivity contribution in [3.8, 4) is 0 Å². The van der Waals surface area contributed by atoms with E-state index in [0.29, 0.717) is 30.2 Å². The van der Waals surface area contributed by atoms with Crippen LogP contribution in [0.2, 0.25) is 5.02 Å². The van der Waals surface area contributed by atoms with Gasteiger partial charge in [-0.25, -0.2) is 4.39 Å². The lowest BCUT2D eigenvalue weighted by molar-refractivity contribution is -0.885. The molecule has 1 aliphatic heterocycles. The van der Waals surface area contributed by atoms with Crippen molar-refractivity contribution in [1.82, 2.24) is 4.90 Å². The second-order valence-corrected chi connectivity index (χ2v) is 6.75. The molecule has 126 valence electrons. The number of benzene rings is 2. The summed E-state index contributed by atoms with van der Waals surface area (Å²) in [6, 6.07) is 12.9. The van der Waals surface area contributed by atoms with E-state index in [1.54, 1.807) is 12.1 Å². The third-order valence-electron chi connectivity index (χ3n) is 4.48. The van der Waals surface area contributed by atoms with Crippen molar-refractivity contribution >= 4 is 17.5 Å². The summed E-state index contributed by atoms with van der Waals surface area (Å²) in [5.74, 6) is -0.226. The van der Waals surface area contributed by atoms with E-state index in [-0.39, 0.29) is 11.7 Å². The van der Waals surface area contributed by atoms with Gasteiger partial charge in [-0.2, -0.15) is 0 Å². The predicted octanol–water partition coefficient (Wildman–Crippen LogP) is 2.08. The summed E-state index contributed by atoms with van der Waals surface area (Å²) < 4.78 is 13.9. The van der Waals surface area contributed by atoms with E-state index in [9.17, 15) is 9.18 Å². The van der Waals surface area contributed by atoms with Gasteiger partial charge in [0.25, 0.3) is 5.91 Å². The molecule has 1 atom stereocenters. The summed E-state index contributed by atoms with van der Waals surface area (Å²) in [4.78, 5) is 15.4. The Morgan fingerprint density at radius 2 is 1.96 bits per heavy atom. The first-order valence-corrected chi connectivity index (χ1v) is 8.51. The lowest BCUT2D eigenvalue weighted by Crippen LogP contribution is -3.09. The lowest BCUT2D eigenvalue weighted by Gasteiger charge is -2.29. The number of halogens is 2. The second-order valence-electron chi connectivity index (χ2n) is 6.34. The van der Waals surface area contributed by atoms with E-state index in [1.807, 2.05) is 24.1 Å². The van der Waals surface area contributed by atoms with Crippen molar-refractivity contribution in [2.75, 3.05) is 20.1 Å². The minimum absolute atomic E-state index is 0.0921. The van der Waals surface area contributed by atoms with Gasteiger partial charge in [-0.1, -0.05) is 41.9 Å². The number of carbonyl (C=O) groups excluding carboxylic acids is 1. The number of fused-ring (bicyclic) bond motifs is 1. The highest BCUT2D eigenvalue weighted by Crippen LogP contribution is 2.19. The van der Waals surface area contributed by atoms with Crippen LogP contribution in [0.1, 0.15) is 16.7 Å². The molecule has 3 nitrogen and oxygen atoms in total. The van der Waals surface area contributed by atoms with Gasteiger partial charge >= 0.3 is 0 Å². The summed E-state index contributed by atoms with van der Waals surface area (Å²) in [6.07, 6.45) is 0.889. The summed E-state index contributed by atoms with van der Waals surface area (Å²) in [5.41, 5.74) is 3.00. The first-order valence-electron chi connectivity index (χ1n) is 8.13. The third-order valence-corrected chi connectivity index (χ3v) is 4.83. The Bertz CT molecular complexity index is 730. The number of hydrogen-bond donors (Lipinski definition) is 1. The highest BCUT2D eigenvalue weighted by molar-refractivity contribution is 6.31. The van der Waals surface area contributed by atoms with E-state index >= 15 is 0 Å². The molecule has 0 spiro atoms. The van der Waals surface area contributed by atoms with E-state index in [4.69, 9.17) is 11.6 Å². The monoisotopic (exact) mass is 347 g/mol. The topological polar surface area (TPSA) is 24.8 Å². The highest BCUT2D eigenvalue weighted by Gasteiger charge is 2.23. The van der Waals surface area contributed by atoms with Crippen LogP contribution in [0, 0.1) is 5.82 Å². The van der Waals surface area contributed by atoms with Crippen LogP contribution < -0.4 is 4.90 Å². The van der Waals surface area contributed by atoms with Crippen LogP contribution in [0.3, 0.4) is 0 Å². The molecule has 2 aromatic rings. The summed E-state index contributed by atoms with van der Waals surface area (Å²) >= 11 is 6.07. The molecule has 1 unspecified atom stereocenters. The van der Waals surface area contributed by atoms with Crippen LogP contribution in [0.15, 0.2) is 42.5 Å². The molecule has 2 aromatic carbocycles. The van der Waals surface area contributed by atoms with Crippen LogP contribution in [-0.4, -0.2) is 30.9 Å². The van der Waals surface area contributed by atoms with Crippen molar-refractivity contribution in [2.45, 2.75) is 19.5 Å². The minimum atomic E-state index is -0.318. The number of hydrogen-bond acceptors (Lipinski definition) is 1. The fourth-order valence-electron chi connectivity index (χ4n) is 3.14. The molecule has 0 saturated heterocycles. The number of amides is 1. The van der Waals surface area contributed by atoms with Gasteiger partial charge in [0, 0.05) is 13.1 Å². The minimum Gasteiger partial charge on any atom is -0.333 e. The summed E-state index contributed by atoms with van der Waals surface area (Å²) in [6.45, 7) is 2.11. The summed E-state index contributed by atoms with van der Waals surface area (Å²) in [7, 11) is 1.89. The van der Waals surface area contributed by atoms with Gasteiger partial charge in [0.1, 0.15) is 12.4 Å². The predicted molar refractivity (Wildman–Crippen MR) is 92.4 cm³/mol. The fraction of sp³-hybridized carbons (Fsp3) is 0.316. The molecule has 0 radical (unpaired) electrons. The fourth-order valence-corrected chi connectivity index (χ4v) is 3.37.